The number of anilines is 2. The second-order valence-electron chi connectivity index (χ2n) is 8.62. The Morgan fingerprint density at radius 3 is 2.57 bits per heavy atom. The number of carbonyl (C=O) groups is 1. The van der Waals surface area contributed by atoms with Gasteiger partial charge in [-0.05, 0) is 37.0 Å². The molecular formula is C25H28N6O3S. The summed E-state index contributed by atoms with van der Waals surface area (Å²) in [7, 11) is 0. The lowest BCUT2D eigenvalue weighted by Crippen LogP contribution is -2.43. The number of hydrogen-bond acceptors (Lipinski definition) is 7. The van der Waals surface area contributed by atoms with E-state index in [1.54, 1.807) is 0 Å². The summed E-state index contributed by atoms with van der Waals surface area (Å²) in [6.07, 6.45) is 0. The number of pyridine rings is 1. The molecule has 0 saturated carbocycles. The third kappa shape index (κ3) is 6.00. The maximum Gasteiger partial charge on any atom is 0.330 e. The monoisotopic (exact) mass is 492 g/mol. The molecule has 2 aromatic heterocycles. The Hall–Kier alpha value is -3.84. The first-order chi connectivity index (χ1) is 16.6. The van der Waals surface area contributed by atoms with Gasteiger partial charge < -0.3 is 10.6 Å². The average molecular weight is 493 g/mol. The van der Waals surface area contributed by atoms with E-state index >= 15 is 0 Å². The minimum absolute atomic E-state index is 0.0197. The Morgan fingerprint density at radius 2 is 1.94 bits per heavy atom. The fourth-order valence-electron chi connectivity index (χ4n) is 3.70. The zero-order chi connectivity index (χ0) is 25.7. The molecule has 0 aliphatic carbocycles. The van der Waals surface area contributed by atoms with Crippen LogP contribution in [-0.2, 0) is 11.3 Å². The first-order valence-electron chi connectivity index (χ1n) is 11.1. The first-order valence-corrected chi connectivity index (χ1v) is 12.1. The topological polar surface area (TPSA) is 138 Å². The van der Waals surface area contributed by atoms with Gasteiger partial charge in [-0.25, -0.2) is 9.78 Å². The van der Waals surface area contributed by atoms with E-state index in [-0.39, 0.29) is 42.2 Å². The maximum atomic E-state index is 13.4. The van der Waals surface area contributed by atoms with Crippen molar-refractivity contribution in [3.05, 3.63) is 79.6 Å². The van der Waals surface area contributed by atoms with Gasteiger partial charge in [0, 0.05) is 12.2 Å². The van der Waals surface area contributed by atoms with Crippen LogP contribution in [0.1, 0.15) is 36.2 Å². The molecule has 0 aliphatic heterocycles. The summed E-state index contributed by atoms with van der Waals surface area (Å²) in [6, 6.07) is 13.2. The number of nitrogens with two attached hydrogens (primary N) is 1. The van der Waals surface area contributed by atoms with Crippen molar-refractivity contribution >= 4 is 29.2 Å². The molecule has 3 N–H and O–H groups in total. The van der Waals surface area contributed by atoms with Crippen LogP contribution in [-0.4, -0.2) is 32.7 Å². The van der Waals surface area contributed by atoms with Crippen LogP contribution in [0, 0.1) is 31.1 Å². The standard InChI is InChI=1S/C25H28N6O3S/c1-15(2)12-30(20(32)14-35-24-19(11-26)16(3)10-17(4)28-24)21-22(27)31(25(34)29-23(21)33)13-18-8-6-5-7-9-18/h5-10,15H,12-14,27H2,1-4H3,(H,29,33,34). The number of hydrogen-bond donors (Lipinski definition) is 2. The van der Waals surface area contributed by atoms with Crippen molar-refractivity contribution in [1.29, 1.82) is 5.26 Å². The molecule has 35 heavy (non-hydrogen) atoms. The van der Waals surface area contributed by atoms with Crippen molar-refractivity contribution in [1.82, 2.24) is 14.5 Å². The Bertz CT molecular complexity index is 1390. The van der Waals surface area contributed by atoms with Crippen LogP contribution in [0.2, 0.25) is 0 Å². The molecule has 0 radical (unpaired) electrons. The van der Waals surface area contributed by atoms with E-state index < -0.39 is 11.2 Å². The Morgan fingerprint density at radius 1 is 1.26 bits per heavy atom. The molecular weight excluding hydrogens is 464 g/mol. The molecule has 0 fully saturated rings. The van der Waals surface area contributed by atoms with Crippen molar-refractivity contribution < 1.29 is 4.79 Å². The van der Waals surface area contributed by atoms with E-state index in [2.05, 4.69) is 16.0 Å². The maximum absolute atomic E-state index is 13.4. The van der Waals surface area contributed by atoms with Gasteiger partial charge in [-0.15, -0.1) is 0 Å². The number of nitrogens with zero attached hydrogens (tertiary/aromatic N) is 4. The van der Waals surface area contributed by atoms with E-state index in [9.17, 15) is 19.6 Å². The summed E-state index contributed by atoms with van der Waals surface area (Å²) in [5, 5.41) is 9.98. The zero-order valence-electron chi connectivity index (χ0n) is 20.2. The highest BCUT2D eigenvalue weighted by molar-refractivity contribution is 8.00. The summed E-state index contributed by atoms with van der Waals surface area (Å²) in [4.78, 5) is 46.8. The molecule has 0 atom stereocenters. The lowest BCUT2D eigenvalue weighted by molar-refractivity contribution is -0.116. The number of H-pyrrole nitrogens is 1. The van der Waals surface area contributed by atoms with Crippen LogP contribution in [0.4, 0.5) is 11.5 Å². The predicted molar refractivity (Wildman–Crippen MR) is 138 cm³/mol. The van der Waals surface area contributed by atoms with Gasteiger partial charge in [0.2, 0.25) is 5.91 Å². The molecule has 0 spiro atoms. The van der Waals surface area contributed by atoms with Crippen LogP contribution in [0.5, 0.6) is 0 Å². The number of thioether (sulfide) groups is 1. The summed E-state index contributed by atoms with van der Waals surface area (Å²) in [5.41, 5.74) is 7.65. The summed E-state index contributed by atoms with van der Waals surface area (Å²) >= 11 is 1.13. The molecule has 1 amide bonds. The molecule has 3 rings (SSSR count). The van der Waals surface area contributed by atoms with Crippen LogP contribution in [0.15, 0.2) is 51.0 Å². The van der Waals surface area contributed by atoms with Crippen LogP contribution < -0.4 is 21.9 Å². The number of carbonyl (C=O) groups excluding carboxylic acids is 1. The number of rotatable bonds is 8. The zero-order valence-corrected chi connectivity index (χ0v) is 21.0. The van der Waals surface area contributed by atoms with Gasteiger partial charge >= 0.3 is 5.69 Å². The Balaban J connectivity index is 1.99. The lowest BCUT2D eigenvalue weighted by Gasteiger charge is -2.26. The first kappa shape index (κ1) is 25.8. The van der Waals surface area contributed by atoms with Gasteiger partial charge in [0.25, 0.3) is 5.56 Å². The molecule has 0 unspecified atom stereocenters. The number of nitrogen functional groups attached to an aromatic ring is 1. The van der Waals surface area contributed by atoms with Crippen molar-refractivity contribution in [2.24, 2.45) is 5.92 Å². The van der Waals surface area contributed by atoms with Gasteiger partial charge in [0.15, 0.2) is 5.69 Å². The summed E-state index contributed by atoms with van der Waals surface area (Å²) < 4.78 is 1.25. The van der Waals surface area contributed by atoms with E-state index in [4.69, 9.17) is 5.73 Å². The fourth-order valence-corrected chi connectivity index (χ4v) is 4.67. The Labute approximate surface area is 207 Å². The van der Waals surface area contributed by atoms with Crippen LogP contribution in [0.25, 0.3) is 0 Å². The number of benzene rings is 1. The predicted octanol–water partition coefficient (Wildman–Crippen LogP) is 2.83. The number of aryl methyl sites for hydroxylation is 2. The van der Waals surface area contributed by atoms with E-state index in [0.717, 1.165) is 28.6 Å². The number of amides is 1. The molecule has 3 aromatic rings. The van der Waals surface area contributed by atoms with Gasteiger partial charge in [-0.3, -0.25) is 19.1 Å². The van der Waals surface area contributed by atoms with Crippen molar-refractivity contribution in [2.75, 3.05) is 22.9 Å². The molecule has 1 aromatic carbocycles. The fraction of sp³-hybridized carbons (Fsp3) is 0.320. The molecule has 10 heteroatoms. The minimum Gasteiger partial charge on any atom is -0.383 e. The molecule has 0 saturated heterocycles. The summed E-state index contributed by atoms with van der Waals surface area (Å²) in [5.74, 6) is -0.501. The van der Waals surface area contributed by atoms with Crippen LogP contribution in [0.3, 0.4) is 0 Å². The van der Waals surface area contributed by atoms with Gasteiger partial charge in [0.05, 0.1) is 17.9 Å². The van der Waals surface area contributed by atoms with E-state index in [1.165, 1.54) is 9.47 Å². The molecule has 0 aliphatic rings. The normalized spacial score (nSPS) is 10.9. The van der Waals surface area contributed by atoms with Crippen molar-refractivity contribution in [3.8, 4) is 6.07 Å². The molecule has 9 nitrogen and oxygen atoms in total. The number of nitrogens with one attached hydrogen (secondary N) is 1. The second kappa shape index (κ2) is 11.1. The van der Waals surface area contributed by atoms with Gasteiger partial charge in [-0.1, -0.05) is 55.9 Å². The molecule has 182 valence electrons. The quantitative estimate of drug-likeness (QED) is 0.461. The SMILES string of the molecule is Cc1cc(C)c(C#N)c(SCC(=O)N(CC(C)C)c2c(N)n(Cc3ccccc3)c(=O)[nH]c2=O)n1. The second-order valence-corrected chi connectivity index (χ2v) is 9.59. The molecule has 2 heterocycles. The largest absolute Gasteiger partial charge is 0.383 e. The third-order valence-electron chi connectivity index (χ3n) is 5.27. The van der Waals surface area contributed by atoms with Gasteiger partial charge in [0.1, 0.15) is 16.9 Å². The Kier molecular flexibility index (Phi) is 8.14. The summed E-state index contributed by atoms with van der Waals surface area (Å²) in [6.45, 7) is 7.84. The van der Waals surface area contributed by atoms with E-state index in [1.807, 2.05) is 64.1 Å². The number of aromatic nitrogens is 3. The highest BCUT2D eigenvalue weighted by atomic mass is 32.2. The molecule has 0 bridgehead atoms. The number of nitriles is 1. The highest BCUT2D eigenvalue weighted by Gasteiger charge is 2.25. The third-order valence-corrected chi connectivity index (χ3v) is 6.23. The minimum atomic E-state index is -0.724. The van der Waals surface area contributed by atoms with Gasteiger partial charge in [-0.2, -0.15) is 5.26 Å². The van der Waals surface area contributed by atoms with E-state index in [0.29, 0.717) is 10.6 Å². The van der Waals surface area contributed by atoms with Crippen LogP contribution >= 0.6 is 11.8 Å². The van der Waals surface area contributed by atoms with Crippen molar-refractivity contribution in [2.45, 2.75) is 39.3 Å². The average Bonchev–Trinajstić information content (AvgIpc) is 2.79. The van der Waals surface area contributed by atoms with Crippen molar-refractivity contribution in [3.63, 3.8) is 0 Å². The smallest absolute Gasteiger partial charge is 0.330 e. The number of aromatic amines is 1. The lowest BCUT2D eigenvalue weighted by atomic mass is 10.1. The highest BCUT2D eigenvalue weighted by Crippen LogP contribution is 2.26.